The number of hydrogen-bond acceptors (Lipinski definition) is 6. The van der Waals surface area contributed by atoms with Gasteiger partial charge in [0.05, 0.1) is 13.0 Å². The number of esters is 1. The SMILES string of the molecule is CCOC(=O)C[C@H](/C=C/CCCCc1ccc2c(n1)NCCC2)c1cnc(C(C)C)nc1. The molecule has 0 radical (unpaired) electrons. The lowest BCUT2D eigenvalue weighted by molar-refractivity contribution is -0.143. The zero-order chi connectivity index (χ0) is 22.8. The Bertz CT molecular complexity index is 893. The van der Waals surface area contributed by atoms with Gasteiger partial charge in [0.25, 0.3) is 0 Å². The summed E-state index contributed by atoms with van der Waals surface area (Å²) < 4.78 is 5.16. The van der Waals surface area contributed by atoms with Crippen LogP contribution in [-0.2, 0) is 22.4 Å². The Morgan fingerprint density at radius 1 is 1.22 bits per heavy atom. The second-order valence-electron chi connectivity index (χ2n) is 8.66. The second-order valence-corrected chi connectivity index (χ2v) is 8.66. The Hall–Kier alpha value is -2.76. The van der Waals surface area contributed by atoms with E-state index in [1.54, 1.807) is 0 Å². The van der Waals surface area contributed by atoms with Gasteiger partial charge in [-0.05, 0) is 62.6 Å². The molecule has 0 saturated heterocycles. The predicted molar refractivity (Wildman–Crippen MR) is 128 cm³/mol. The molecule has 0 aliphatic carbocycles. The number of carbonyl (C=O) groups excluding carboxylic acids is 1. The maximum atomic E-state index is 12.1. The number of pyridine rings is 1. The summed E-state index contributed by atoms with van der Waals surface area (Å²) in [6.07, 6.45) is 14.7. The number of aryl methyl sites for hydroxylation is 2. The molecule has 0 spiro atoms. The van der Waals surface area contributed by atoms with Gasteiger partial charge in [-0.25, -0.2) is 15.0 Å². The molecule has 6 nitrogen and oxygen atoms in total. The van der Waals surface area contributed by atoms with E-state index in [4.69, 9.17) is 9.72 Å². The van der Waals surface area contributed by atoms with Gasteiger partial charge in [0.1, 0.15) is 11.6 Å². The Kier molecular flexibility index (Phi) is 9.20. The highest BCUT2D eigenvalue weighted by atomic mass is 16.5. The van der Waals surface area contributed by atoms with Crippen molar-refractivity contribution in [1.29, 1.82) is 0 Å². The van der Waals surface area contributed by atoms with Crippen molar-refractivity contribution in [3.8, 4) is 0 Å². The number of unbranched alkanes of at least 4 members (excludes halogenated alkanes) is 2. The number of carbonyl (C=O) groups is 1. The smallest absolute Gasteiger partial charge is 0.306 e. The lowest BCUT2D eigenvalue weighted by atomic mass is 9.97. The molecule has 0 saturated carbocycles. The number of anilines is 1. The summed E-state index contributed by atoms with van der Waals surface area (Å²) in [5.41, 5.74) is 3.44. The van der Waals surface area contributed by atoms with Crippen molar-refractivity contribution in [2.75, 3.05) is 18.5 Å². The number of rotatable bonds is 11. The van der Waals surface area contributed by atoms with Crippen LogP contribution in [0.25, 0.3) is 0 Å². The lowest BCUT2D eigenvalue weighted by Crippen LogP contribution is -2.13. The van der Waals surface area contributed by atoms with Gasteiger partial charge in [-0.3, -0.25) is 4.79 Å². The highest BCUT2D eigenvalue weighted by Crippen LogP contribution is 2.23. The fourth-order valence-corrected chi connectivity index (χ4v) is 3.87. The molecule has 1 atom stereocenters. The van der Waals surface area contributed by atoms with Crippen LogP contribution < -0.4 is 5.32 Å². The van der Waals surface area contributed by atoms with Crippen molar-refractivity contribution in [3.05, 3.63) is 59.3 Å². The summed E-state index contributed by atoms with van der Waals surface area (Å²) in [5.74, 6) is 1.91. The third kappa shape index (κ3) is 7.14. The van der Waals surface area contributed by atoms with Crippen LogP contribution in [0.15, 0.2) is 36.7 Å². The second kappa shape index (κ2) is 12.3. The van der Waals surface area contributed by atoms with Crippen molar-refractivity contribution >= 4 is 11.8 Å². The molecule has 32 heavy (non-hydrogen) atoms. The van der Waals surface area contributed by atoms with Crippen LogP contribution in [-0.4, -0.2) is 34.1 Å². The molecule has 0 bridgehead atoms. The van der Waals surface area contributed by atoms with Gasteiger partial charge in [0.2, 0.25) is 0 Å². The summed E-state index contributed by atoms with van der Waals surface area (Å²) in [4.78, 5) is 25.8. The Morgan fingerprint density at radius 2 is 2.03 bits per heavy atom. The number of nitrogens with zero attached hydrogens (tertiary/aromatic N) is 3. The van der Waals surface area contributed by atoms with Crippen molar-refractivity contribution in [2.45, 2.75) is 77.6 Å². The van der Waals surface area contributed by atoms with Crippen molar-refractivity contribution < 1.29 is 9.53 Å². The molecule has 0 aromatic carbocycles. The molecule has 3 rings (SSSR count). The van der Waals surface area contributed by atoms with E-state index in [1.165, 1.54) is 12.0 Å². The highest BCUT2D eigenvalue weighted by molar-refractivity contribution is 5.71. The Balaban J connectivity index is 1.51. The van der Waals surface area contributed by atoms with E-state index in [9.17, 15) is 4.79 Å². The molecule has 2 aromatic rings. The number of allylic oxidation sites excluding steroid dienone is 2. The van der Waals surface area contributed by atoms with Crippen LogP contribution in [0.2, 0.25) is 0 Å². The van der Waals surface area contributed by atoms with Crippen molar-refractivity contribution in [3.63, 3.8) is 0 Å². The number of fused-ring (bicyclic) bond motifs is 1. The van der Waals surface area contributed by atoms with Crippen LogP contribution in [0.3, 0.4) is 0 Å². The third-order valence-electron chi connectivity index (χ3n) is 5.70. The molecular formula is C26H36N4O2. The standard InChI is InChI=1S/C26H36N4O2/c1-4-32-24(31)16-21(22-17-28-25(19(2)3)29-18-22)10-7-5-6-8-12-23-14-13-20-11-9-15-27-26(20)30-23/h7,10,13-14,17-19,21H,4-6,8-9,11-12,15-16H2,1-3H3,(H,27,30)/b10-7+/t21-/m0/s1. The molecule has 1 aliphatic rings. The molecule has 0 unspecified atom stereocenters. The predicted octanol–water partition coefficient (Wildman–Crippen LogP) is 5.36. The maximum Gasteiger partial charge on any atom is 0.306 e. The fourth-order valence-electron chi connectivity index (χ4n) is 3.87. The molecule has 1 aliphatic heterocycles. The van der Waals surface area contributed by atoms with E-state index < -0.39 is 0 Å². The average molecular weight is 437 g/mol. The summed E-state index contributed by atoms with van der Waals surface area (Å²) >= 11 is 0. The van der Waals surface area contributed by atoms with Gasteiger partial charge in [0, 0.05) is 36.5 Å². The van der Waals surface area contributed by atoms with E-state index in [2.05, 4.69) is 53.4 Å². The number of hydrogen-bond donors (Lipinski definition) is 1. The first-order chi connectivity index (χ1) is 15.6. The molecule has 3 heterocycles. The fraction of sp³-hybridized carbons (Fsp3) is 0.538. The molecule has 6 heteroatoms. The van der Waals surface area contributed by atoms with E-state index in [-0.39, 0.29) is 17.8 Å². The first-order valence-electron chi connectivity index (χ1n) is 11.9. The largest absolute Gasteiger partial charge is 0.466 e. The first-order valence-corrected chi connectivity index (χ1v) is 11.9. The van der Waals surface area contributed by atoms with Gasteiger partial charge in [0.15, 0.2) is 0 Å². The third-order valence-corrected chi connectivity index (χ3v) is 5.70. The monoisotopic (exact) mass is 436 g/mol. The summed E-state index contributed by atoms with van der Waals surface area (Å²) in [7, 11) is 0. The number of nitrogens with one attached hydrogen (secondary N) is 1. The van der Waals surface area contributed by atoms with Gasteiger partial charge < -0.3 is 10.1 Å². The summed E-state index contributed by atoms with van der Waals surface area (Å²) in [6, 6.07) is 4.38. The van der Waals surface area contributed by atoms with Gasteiger partial charge >= 0.3 is 5.97 Å². The minimum atomic E-state index is -0.192. The normalized spacial score (nSPS) is 14.2. The summed E-state index contributed by atoms with van der Waals surface area (Å²) in [5, 5.41) is 3.41. The van der Waals surface area contributed by atoms with Crippen LogP contribution >= 0.6 is 0 Å². The zero-order valence-electron chi connectivity index (χ0n) is 19.6. The maximum absolute atomic E-state index is 12.1. The van der Waals surface area contributed by atoms with Gasteiger partial charge in [-0.15, -0.1) is 0 Å². The van der Waals surface area contributed by atoms with Crippen molar-refractivity contribution in [2.24, 2.45) is 0 Å². The number of aromatic nitrogens is 3. The van der Waals surface area contributed by atoms with Crippen molar-refractivity contribution in [1.82, 2.24) is 15.0 Å². The molecule has 172 valence electrons. The first kappa shape index (κ1) is 23.9. The van der Waals surface area contributed by atoms with Gasteiger partial charge in [-0.2, -0.15) is 0 Å². The molecule has 1 N–H and O–H groups in total. The molecule has 0 fully saturated rings. The topological polar surface area (TPSA) is 77.0 Å². The Morgan fingerprint density at radius 3 is 2.78 bits per heavy atom. The van der Waals surface area contributed by atoms with Crippen LogP contribution in [0.4, 0.5) is 5.82 Å². The molecule has 2 aromatic heterocycles. The van der Waals surface area contributed by atoms with E-state index in [0.717, 1.165) is 61.5 Å². The number of ether oxygens (including phenoxy) is 1. The van der Waals surface area contributed by atoms with E-state index in [1.807, 2.05) is 19.3 Å². The average Bonchev–Trinajstić information content (AvgIpc) is 2.80. The van der Waals surface area contributed by atoms with Gasteiger partial charge in [-0.1, -0.05) is 32.1 Å². The van der Waals surface area contributed by atoms with Crippen LogP contribution in [0, 0.1) is 0 Å². The minimum absolute atomic E-state index is 0.0661. The highest BCUT2D eigenvalue weighted by Gasteiger charge is 2.16. The Labute approximate surface area is 191 Å². The summed E-state index contributed by atoms with van der Waals surface area (Å²) in [6.45, 7) is 7.38. The lowest BCUT2D eigenvalue weighted by Gasteiger charge is -2.17. The van der Waals surface area contributed by atoms with E-state index >= 15 is 0 Å². The zero-order valence-corrected chi connectivity index (χ0v) is 19.6. The molecule has 0 amide bonds. The quantitative estimate of drug-likeness (QED) is 0.290. The van der Waals surface area contributed by atoms with E-state index in [0.29, 0.717) is 13.0 Å². The molecular weight excluding hydrogens is 400 g/mol. The minimum Gasteiger partial charge on any atom is -0.466 e. The van der Waals surface area contributed by atoms with Crippen LogP contribution in [0.1, 0.15) is 87.4 Å². The van der Waals surface area contributed by atoms with Crippen LogP contribution in [0.5, 0.6) is 0 Å².